The second kappa shape index (κ2) is 5.07. The summed E-state index contributed by atoms with van der Waals surface area (Å²) >= 11 is 0. The van der Waals surface area contributed by atoms with Gasteiger partial charge in [-0.05, 0) is 0 Å². The highest BCUT2D eigenvalue weighted by atomic mass is 19.1. The van der Waals surface area contributed by atoms with Crippen molar-refractivity contribution in [1.82, 2.24) is 24.7 Å². The summed E-state index contributed by atoms with van der Waals surface area (Å²) in [6.45, 7) is 4.57. The molecule has 6 nitrogen and oxygen atoms in total. The molecule has 0 aliphatic heterocycles. The fraction of sp³-hybridized carbons (Fsp3) is 0.455. The summed E-state index contributed by atoms with van der Waals surface area (Å²) in [7, 11) is 1.91. The van der Waals surface area contributed by atoms with E-state index in [1.807, 2.05) is 11.6 Å². The van der Waals surface area contributed by atoms with Gasteiger partial charge < -0.3 is 9.88 Å². The van der Waals surface area contributed by atoms with Crippen LogP contribution in [0.1, 0.15) is 31.4 Å². The number of hydrogen-bond acceptors (Lipinski definition) is 5. The minimum atomic E-state index is -0.457. The van der Waals surface area contributed by atoms with Crippen LogP contribution in [0.15, 0.2) is 12.4 Å². The van der Waals surface area contributed by atoms with E-state index in [0.717, 1.165) is 24.0 Å². The molecule has 0 saturated carbocycles. The molecule has 1 N–H and O–H groups in total. The summed E-state index contributed by atoms with van der Waals surface area (Å²) in [4.78, 5) is 7.62. The van der Waals surface area contributed by atoms with Crippen molar-refractivity contribution >= 4 is 5.95 Å². The quantitative estimate of drug-likeness (QED) is 0.890. The average molecular weight is 250 g/mol. The number of rotatable bonds is 4. The largest absolute Gasteiger partial charge is 0.347 e. The van der Waals surface area contributed by atoms with Gasteiger partial charge in [0.25, 0.3) is 0 Å². The number of anilines is 1. The van der Waals surface area contributed by atoms with Gasteiger partial charge in [-0.3, -0.25) is 0 Å². The van der Waals surface area contributed by atoms with Gasteiger partial charge in [0.2, 0.25) is 5.95 Å². The van der Waals surface area contributed by atoms with Gasteiger partial charge in [-0.2, -0.15) is 0 Å². The highest BCUT2D eigenvalue weighted by molar-refractivity contribution is 5.23. The Balaban J connectivity index is 2.04. The molecule has 0 unspecified atom stereocenters. The number of hydrogen-bond donors (Lipinski definition) is 1. The zero-order valence-electron chi connectivity index (χ0n) is 10.6. The summed E-state index contributed by atoms with van der Waals surface area (Å²) in [6.07, 6.45) is 2.23. The Labute approximate surface area is 104 Å². The van der Waals surface area contributed by atoms with E-state index >= 15 is 0 Å². The zero-order valence-corrected chi connectivity index (χ0v) is 10.6. The van der Waals surface area contributed by atoms with Crippen LogP contribution in [0.2, 0.25) is 0 Å². The Morgan fingerprint density at radius 3 is 2.50 bits per heavy atom. The molecule has 0 saturated heterocycles. The lowest BCUT2D eigenvalue weighted by Crippen LogP contribution is -2.10. The second-order valence-corrected chi connectivity index (χ2v) is 4.27. The zero-order chi connectivity index (χ0) is 13.1. The van der Waals surface area contributed by atoms with E-state index in [1.54, 1.807) is 0 Å². The van der Waals surface area contributed by atoms with Crippen LogP contribution in [0.25, 0.3) is 0 Å². The van der Waals surface area contributed by atoms with Crippen LogP contribution in [0.5, 0.6) is 0 Å². The first-order valence-corrected chi connectivity index (χ1v) is 5.67. The Morgan fingerprint density at radius 1 is 1.28 bits per heavy atom. The van der Waals surface area contributed by atoms with Gasteiger partial charge in [0.15, 0.2) is 11.6 Å². The van der Waals surface area contributed by atoms with Crippen molar-refractivity contribution in [2.24, 2.45) is 7.05 Å². The summed E-state index contributed by atoms with van der Waals surface area (Å²) < 4.78 is 14.6. The van der Waals surface area contributed by atoms with Crippen LogP contribution < -0.4 is 5.32 Å². The van der Waals surface area contributed by atoms with E-state index in [2.05, 4.69) is 39.3 Å². The summed E-state index contributed by atoms with van der Waals surface area (Å²) in [5.74, 6) is 1.93. The number of halogens is 1. The molecule has 0 atom stereocenters. The molecular weight excluding hydrogens is 235 g/mol. The molecule has 2 aromatic heterocycles. The van der Waals surface area contributed by atoms with Crippen molar-refractivity contribution in [3.63, 3.8) is 0 Å². The van der Waals surface area contributed by atoms with E-state index < -0.39 is 5.82 Å². The maximum Gasteiger partial charge on any atom is 0.223 e. The van der Waals surface area contributed by atoms with Crippen molar-refractivity contribution in [3.05, 3.63) is 29.9 Å². The van der Waals surface area contributed by atoms with Gasteiger partial charge in [-0.1, -0.05) is 13.8 Å². The third kappa shape index (κ3) is 2.61. The van der Waals surface area contributed by atoms with E-state index in [9.17, 15) is 4.39 Å². The van der Waals surface area contributed by atoms with Crippen LogP contribution in [0.3, 0.4) is 0 Å². The Kier molecular flexibility index (Phi) is 3.50. The van der Waals surface area contributed by atoms with Crippen LogP contribution in [0.4, 0.5) is 10.3 Å². The van der Waals surface area contributed by atoms with E-state index in [-0.39, 0.29) is 0 Å². The monoisotopic (exact) mass is 250 g/mol. The van der Waals surface area contributed by atoms with Crippen molar-refractivity contribution < 1.29 is 4.39 Å². The maximum atomic E-state index is 12.6. The maximum absolute atomic E-state index is 12.6. The topological polar surface area (TPSA) is 68.5 Å². The van der Waals surface area contributed by atoms with Gasteiger partial charge in [0, 0.05) is 13.0 Å². The first-order valence-electron chi connectivity index (χ1n) is 5.67. The number of nitrogens with zero attached hydrogens (tertiary/aromatic N) is 5. The Bertz CT molecular complexity index is 519. The molecule has 0 aromatic carbocycles. The fourth-order valence-electron chi connectivity index (χ4n) is 1.59. The highest BCUT2D eigenvalue weighted by Crippen LogP contribution is 2.12. The van der Waals surface area contributed by atoms with Crippen LogP contribution in [0, 0.1) is 5.82 Å². The number of aromatic nitrogens is 5. The molecule has 0 spiro atoms. The predicted octanol–water partition coefficient (Wildman–Crippen LogP) is 1.48. The molecule has 7 heteroatoms. The molecule has 0 aliphatic rings. The first kappa shape index (κ1) is 12.4. The van der Waals surface area contributed by atoms with Crippen molar-refractivity contribution in [2.75, 3.05) is 5.32 Å². The van der Waals surface area contributed by atoms with Gasteiger partial charge in [-0.15, -0.1) is 10.2 Å². The highest BCUT2D eigenvalue weighted by Gasteiger charge is 2.11. The third-order valence-corrected chi connectivity index (χ3v) is 2.54. The standard InChI is InChI=1S/C11H15FN6/c1-7(2)10-17-16-9(18(10)3)6-15-11-13-4-8(12)5-14-11/h4-5,7H,6H2,1-3H3,(H,13,14,15). The lowest BCUT2D eigenvalue weighted by atomic mass is 10.2. The third-order valence-electron chi connectivity index (χ3n) is 2.54. The van der Waals surface area contributed by atoms with Crippen molar-refractivity contribution in [3.8, 4) is 0 Å². The smallest absolute Gasteiger partial charge is 0.223 e. The number of nitrogens with one attached hydrogen (secondary N) is 1. The van der Waals surface area contributed by atoms with Crippen molar-refractivity contribution in [2.45, 2.75) is 26.3 Å². The molecule has 2 rings (SSSR count). The predicted molar refractivity (Wildman–Crippen MR) is 64.4 cm³/mol. The van der Waals surface area contributed by atoms with Gasteiger partial charge in [0.05, 0.1) is 18.9 Å². The Hall–Kier alpha value is -2.05. The lowest BCUT2D eigenvalue weighted by molar-refractivity contribution is 0.614. The van der Waals surface area contributed by atoms with Crippen molar-refractivity contribution in [1.29, 1.82) is 0 Å². The molecule has 0 radical (unpaired) electrons. The molecule has 18 heavy (non-hydrogen) atoms. The Morgan fingerprint density at radius 2 is 1.94 bits per heavy atom. The molecule has 0 fully saturated rings. The first-order chi connectivity index (χ1) is 8.58. The van der Waals surface area contributed by atoms with Crippen LogP contribution in [-0.2, 0) is 13.6 Å². The van der Waals surface area contributed by atoms with Gasteiger partial charge >= 0.3 is 0 Å². The second-order valence-electron chi connectivity index (χ2n) is 4.27. The molecule has 0 amide bonds. The molecule has 0 bridgehead atoms. The van der Waals surface area contributed by atoms with Gasteiger partial charge in [-0.25, -0.2) is 14.4 Å². The summed E-state index contributed by atoms with van der Waals surface area (Å²) in [6, 6.07) is 0. The van der Waals surface area contributed by atoms with Crippen LogP contribution in [-0.4, -0.2) is 24.7 Å². The van der Waals surface area contributed by atoms with Gasteiger partial charge in [0.1, 0.15) is 5.82 Å². The minimum Gasteiger partial charge on any atom is -0.347 e. The molecular formula is C11H15FN6. The average Bonchev–Trinajstić information content (AvgIpc) is 2.70. The molecule has 0 aliphatic carbocycles. The molecule has 2 heterocycles. The van der Waals surface area contributed by atoms with E-state index in [4.69, 9.17) is 0 Å². The van der Waals surface area contributed by atoms with E-state index in [0.29, 0.717) is 18.4 Å². The lowest BCUT2D eigenvalue weighted by Gasteiger charge is -2.07. The fourth-order valence-corrected chi connectivity index (χ4v) is 1.59. The normalized spacial score (nSPS) is 10.9. The summed E-state index contributed by atoms with van der Waals surface area (Å²) in [5, 5.41) is 11.2. The van der Waals surface area contributed by atoms with Crippen LogP contribution >= 0.6 is 0 Å². The SMILES string of the molecule is CC(C)c1nnc(CNc2ncc(F)cn2)n1C. The minimum absolute atomic E-state index is 0.318. The molecule has 96 valence electrons. The molecule has 2 aromatic rings. The van der Waals surface area contributed by atoms with E-state index in [1.165, 1.54) is 0 Å². The summed E-state index contributed by atoms with van der Waals surface area (Å²) in [5.41, 5.74) is 0.